The highest BCUT2D eigenvalue weighted by atomic mass is 35.5. The summed E-state index contributed by atoms with van der Waals surface area (Å²) in [6, 6.07) is 0. The Balaban J connectivity index is -0.00000480. The topological polar surface area (TPSA) is 18.5 Å². The van der Waals surface area contributed by atoms with Crippen LogP contribution in [0, 0.1) is 11.8 Å². The summed E-state index contributed by atoms with van der Waals surface area (Å²) in [5.74, 6) is 1.71. The SMILES string of the molecule is CCCC(CC)CCOCCC[N+](C)(C)CC[N+](C)(C)CCCOCCC(CC)CCC.[Cl-].[Cl-]. The van der Waals surface area contributed by atoms with Gasteiger partial charge in [-0.15, -0.1) is 0 Å². The second kappa shape index (κ2) is 23.8. The van der Waals surface area contributed by atoms with Crippen molar-refractivity contribution in [1.29, 1.82) is 0 Å². The Hall–Kier alpha value is 0.420. The van der Waals surface area contributed by atoms with Crippen molar-refractivity contribution < 1.29 is 43.3 Å². The van der Waals surface area contributed by atoms with Crippen LogP contribution < -0.4 is 24.8 Å². The number of quaternary nitrogens is 2. The summed E-state index contributed by atoms with van der Waals surface area (Å²) < 4.78 is 14.1. The Labute approximate surface area is 227 Å². The average molecular weight is 530 g/mol. The molecule has 4 nitrogen and oxygen atoms in total. The van der Waals surface area contributed by atoms with E-state index in [0.717, 1.165) is 60.1 Å². The zero-order valence-corrected chi connectivity index (χ0v) is 25.9. The van der Waals surface area contributed by atoms with Crippen molar-refractivity contribution in [3.8, 4) is 0 Å². The molecule has 0 heterocycles. The van der Waals surface area contributed by atoms with Crippen molar-refractivity contribution in [3.05, 3.63) is 0 Å². The molecule has 0 spiro atoms. The third-order valence-electron chi connectivity index (χ3n) is 7.30. The predicted octanol–water partition coefficient (Wildman–Crippen LogP) is 0.393. The molecule has 2 unspecified atom stereocenters. The van der Waals surface area contributed by atoms with Gasteiger partial charge < -0.3 is 43.3 Å². The lowest BCUT2D eigenvalue weighted by molar-refractivity contribution is -0.946. The number of nitrogens with zero attached hydrogens (tertiary/aromatic N) is 2. The van der Waals surface area contributed by atoms with Crippen molar-refractivity contribution in [2.45, 2.75) is 91.9 Å². The van der Waals surface area contributed by atoms with Crippen molar-refractivity contribution in [2.75, 3.05) is 80.8 Å². The molecule has 210 valence electrons. The van der Waals surface area contributed by atoms with Crippen LogP contribution in [0.25, 0.3) is 0 Å². The highest BCUT2D eigenvalue weighted by molar-refractivity contribution is 4.56. The van der Waals surface area contributed by atoms with E-state index in [1.165, 1.54) is 77.5 Å². The highest BCUT2D eigenvalue weighted by Gasteiger charge is 2.22. The van der Waals surface area contributed by atoms with Gasteiger partial charge >= 0.3 is 0 Å². The molecule has 0 aromatic rings. The van der Waals surface area contributed by atoms with E-state index < -0.39 is 0 Å². The smallest absolute Gasteiger partial charge is 0.128 e. The molecule has 0 aliphatic heterocycles. The first kappa shape index (κ1) is 38.9. The summed E-state index contributed by atoms with van der Waals surface area (Å²) in [7, 11) is 9.49. The van der Waals surface area contributed by atoms with Gasteiger partial charge in [-0.3, -0.25) is 0 Å². The average Bonchev–Trinajstić information content (AvgIpc) is 2.75. The van der Waals surface area contributed by atoms with Gasteiger partial charge in [0, 0.05) is 26.1 Å². The predicted molar refractivity (Wildman–Crippen MR) is 141 cm³/mol. The first-order valence-electron chi connectivity index (χ1n) is 14.0. The summed E-state index contributed by atoms with van der Waals surface area (Å²) in [4.78, 5) is 0. The van der Waals surface area contributed by atoms with E-state index in [0.29, 0.717) is 0 Å². The first-order chi connectivity index (χ1) is 15.2. The molecule has 34 heavy (non-hydrogen) atoms. The first-order valence-corrected chi connectivity index (χ1v) is 14.0. The summed E-state index contributed by atoms with van der Waals surface area (Å²) in [5.41, 5.74) is 0. The molecule has 0 aliphatic rings. The molecule has 6 heteroatoms. The summed E-state index contributed by atoms with van der Waals surface area (Å²) in [5, 5.41) is 0. The second-order valence-electron chi connectivity index (χ2n) is 11.4. The zero-order chi connectivity index (χ0) is 24.3. The maximum atomic E-state index is 5.95. The van der Waals surface area contributed by atoms with E-state index in [9.17, 15) is 0 Å². The Morgan fingerprint density at radius 2 is 0.853 bits per heavy atom. The van der Waals surface area contributed by atoms with E-state index in [1.54, 1.807) is 0 Å². The van der Waals surface area contributed by atoms with Crippen LogP contribution in [0.2, 0.25) is 0 Å². The Bertz CT molecular complexity index is 385. The van der Waals surface area contributed by atoms with Crippen LogP contribution in [0.15, 0.2) is 0 Å². The van der Waals surface area contributed by atoms with Crippen LogP contribution >= 0.6 is 0 Å². The lowest BCUT2D eigenvalue weighted by atomic mass is 9.98. The van der Waals surface area contributed by atoms with Gasteiger partial charge in [0.1, 0.15) is 13.1 Å². The van der Waals surface area contributed by atoms with E-state index in [4.69, 9.17) is 9.47 Å². The maximum Gasteiger partial charge on any atom is 0.128 e. The molecule has 0 amide bonds. The molecule has 0 radical (unpaired) electrons. The highest BCUT2D eigenvalue weighted by Crippen LogP contribution is 2.16. The van der Waals surface area contributed by atoms with Gasteiger partial charge in [0.05, 0.1) is 54.5 Å². The van der Waals surface area contributed by atoms with Crippen LogP contribution in [-0.4, -0.2) is 89.8 Å². The van der Waals surface area contributed by atoms with Crippen LogP contribution in [0.5, 0.6) is 0 Å². The summed E-state index contributed by atoms with van der Waals surface area (Å²) >= 11 is 0. The molecule has 0 aliphatic carbocycles. The van der Waals surface area contributed by atoms with E-state index in [1.807, 2.05) is 0 Å². The van der Waals surface area contributed by atoms with Gasteiger partial charge in [-0.05, 0) is 24.7 Å². The third kappa shape index (κ3) is 22.9. The Morgan fingerprint density at radius 3 is 1.15 bits per heavy atom. The fourth-order valence-electron chi connectivity index (χ4n) is 4.58. The molecule has 0 bridgehead atoms. The lowest BCUT2D eigenvalue weighted by Crippen LogP contribution is -3.00. The molecular formula is C28H62Cl2N2O2. The van der Waals surface area contributed by atoms with Crippen molar-refractivity contribution in [1.82, 2.24) is 0 Å². The van der Waals surface area contributed by atoms with E-state index in [-0.39, 0.29) is 24.8 Å². The lowest BCUT2D eigenvalue weighted by Gasteiger charge is -2.35. The normalized spacial score (nSPS) is 13.8. The number of hydrogen-bond donors (Lipinski definition) is 0. The number of halogens is 2. The maximum absolute atomic E-state index is 5.95. The minimum atomic E-state index is 0. The third-order valence-corrected chi connectivity index (χ3v) is 7.30. The van der Waals surface area contributed by atoms with Gasteiger partial charge in [0.2, 0.25) is 0 Å². The molecule has 0 saturated heterocycles. The Kier molecular flexibility index (Phi) is 27.3. The summed E-state index contributed by atoms with van der Waals surface area (Å²) in [6.07, 6.45) is 12.7. The summed E-state index contributed by atoms with van der Waals surface area (Å²) in [6.45, 7) is 17.7. The second-order valence-corrected chi connectivity index (χ2v) is 11.4. The van der Waals surface area contributed by atoms with Crippen LogP contribution in [0.1, 0.15) is 91.9 Å². The van der Waals surface area contributed by atoms with Crippen molar-refractivity contribution in [3.63, 3.8) is 0 Å². The standard InChI is InChI=1S/C28H62N2O2.2ClH/c1-9-15-27(11-3)17-25-31-23-13-19-29(5,6)21-22-30(7,8)20-14-24-32-26-18-28(12-4)16-10-2;;/h27-28H,9-26H2,1-8H3;2*1H/q+2;;/p-2. The zero-order valence-electron chi connectivity index (χ0n) is 24.3. The largest absolute Gasteiger partial charge is 1.00 e. The number of ether oxygens (including phenoxy) is 2. The molecule has 2 atom stereocenters. The van der Waals surface area contributed by atoms with Crippen LogP contribution in [0.4, 0.5) is 0 Å². The van der Waals surface area contributed by atoms with Crippen LogP contribution in [-0.2, 0) is 9.47 Å². The van der Waals surface area contributed by atoms with Crippen LogP contribution in [0.3, 0.4) is 0 Å². The molecule has 0 fully saturated rings. The van der Waals surface area contributed by atoms with E-state index in [2.05, 4.69) is 55.9 Å². The molecule has 0 saturated carbocycles. The Morgan fingerprint density at radius 1 is 0.500 bits per heavy atom. The molecule has 0 aromatic carbocycles. The van der Waals surface area contributed by atoms with Crippen molar-refractivity contribution in [2.24, 2.45) is 11.8 Å². The van der Waals surface area contributed by atoms with Gasteiger partial charge in [-0.1, -0.05) is 66.2 Å². The van der Waals surface area contributed by atoms with Gasteiger partial charge in [-0.2, -0.15) is 0 Å². The van der Waals surface area contributed by atoms with E-state index >= 15 is 0 Å². The minimum Gasteiger partial charge on any atom is -1.00 e. The fourth-order valence-corrected chi connectivity index (χ4v) is 4.58. The van der Waals surface area contributed by atoms with Crippen molar-refractivity contribution >= 4 is 0 Å². The van der Waals surface area contributed by atoms with Gasteiger partial charge in [0.15, 0.2) is 0 Å². The quantitative estimate of drug-likeness (QED) is 0.141. The monoisotopic (exact) mass is 528 g/mol. The molecular weight excluding hydrogens is 467 g/mol. The fraction of sp³-hybridized carbons (Fsp3) is 1.00. The molecule has 0 aromatic heterocycles. The number of likely N-dealkylation sites (N-methyl/N-ethyl adjacent to an activating group) is 2. The number of rotatable bonds is 23. The van der Waals surface area contributed by atoms with Gasteiger partial charge in [-0.25, -0.2) is 0 Å². The molecule has 0 N–H and O–H groups in total. The number of hydrogen-bond acceptors (Lipinski definition) is 2. The van der Waals surface area contributed by atoms with Gasteiger partial charge in [0.25, 0.3) is 0 Å². The molecule has 0 rings (SSSR count). The minimum absolute atomic E-state index is 0.